The van der Waals surface area contributed by atoms with Crippen molar-refractivity contribution in [2.24, 2.45) is 5.92 Å². The summed E-state index contributed by atoms with van der Waals surface area (Å²) in [6.45, 7) is 6.32. The molecule has 41 heavy (non-hydrogen) atoms. The van der Waals surface area contributed by atoms with E-state index in [9.17, 15) is 14.7 Å². The molecule has 1 amide bonds. The lowest BCUT2D eigenvalue weighted by Crippen LogP contribution is -2.45. The molecule has 11 heteroatoms. The molecule has 3 atom stereocenters. The minimum absolute atomic E-state index is 0.0507. The van der Waals surface area contributed by atoms with Crippen molar-refractivity contribution in [2.75, 3.05) is 73.9 Å². The number of ether oxygens (including phenoxy) is 5. The smallest absolute Gasteiger partial charge is 0.308 e. The van der Waals surface area contributed by atoms with Crippen LogP contribution in [0.2, 0.25) is 0 Å². The minimum atomic E-state index is -0.883. The van der Waals surface area contributed by atoms with Crippen LogP contribution in [0.3, 0.4) is 0 Å². The average Bonchev–Trinajstić information content (AvgIpc) is 3.70. The molecule has 0 spiro atoms. The summed E-state index contributed by atoms with van der Waals surface area (Å²) in [7, 11) is 5.67. The number of likely N-dealkylation sites (tertiary alicyclic amines) is 1. The third kappa shape index (κ3) is 8.03. The predicted molar refractivity (Wildman–Crippen MR) is 153 cm³/mol. The number of carbonyl (C=O) groups excluding carboxylic acids is 1. The largest absolute Gasteiger partial charge is 0.493 e. The molecule has 2 saturated heterocycles. The summed E-state index contributed by atoms with van der Waals surface area (Å²) >= 11 is 0. The molecule has 0 radical (unpaired) electrons. The van der Waals surface area contributed by atoms with Crippen molar-refractivity contribution in [1.29, 1.82) is 0 Å². The molecule has 0 unspecified atom stereocenters. The van der Waals surface area contributed by atoms with Gasteiger partial charge in [-0.1, -0.05) is 13.3 Å². The van der Waals surface area contributed by atoms with Gasteiger partial charge >= 0.3 is 5.97 Å². The number of methoxy groups -OCH3 is 1. The fourth-order valence-electron chi connectivity index (χ4n) is 6.15. The van der Waals surface area contributed by atoms with E-state index in [1.807, 2.05) is 17.0 Å². The van der Waals surface area contributed by atoms with Crippen LogP contribution in [0.15, 0.2) is 12.1 Å². The van der Waals surface area contributed by atoms with Crippen molar-refractivity contribution in [3.8, 4) is 17.2 Å². The number of nitrogens with zero attached hydrogens (tertiary/aromatic N) is 3. The SMILES string of the molecule is CCCCN(CCCCN(C)C)C(=O)CN1C[C@H](c2cc(OC)c3c(c2)OCO3)[C@@H](C(=O)O)[C@@H]1CCC1OCCO1. The molecule has 1 aromatic carbocycles. The van der Waals surface area contributed by atoms with Gasteiger partial charge in [-0.2, -0.15) is 0 Å². The summed E-state index contributed by atoms with van der Waals surface area (Å²) in [6.07, 6.45) is 4.67. The number of carbonyl (C=O) groups is 2. The molecule has 0 saturated carbocycles. The van der Waals surface area contributed by atoms with Crippen LogP contribution in [0.4, 0.5) is 0 Å². The first-order valence-corrected chi connectivity index (χ1v) is 14.9. The summed E-state index contributed by atoms with van der Waals surface area (Å²) < 4.78 is 28.1. The highest BCUT2D eigenvalue weighted by molar-refractivity contribution is 5.79. The second-order valence-electron chi connectivity index (χ2n) is 11.4. The fraction of sp³-hybridized carbons (Fsp3) is 0.733. The first kappa shape index (κ1) is 31.3. The Balaban J connectivity index is 1.56. The molecule has 3 aliphatic rings. The molecule has 0 bridgehead atoms. The molecule has 1 N–H and O–H groups in total. The number of rotatable bonds is 16. The Morgan fingerprint density at radius 1 is 1.05 bits per heavy atom. The van der Waals surface area contributed by atoms with E-state index in [4.69, 9.17) is 23.7 Å². The van der Waals surface area contributed by atoms with Crippen molar-refractivity contribution in [1.82, 2.24) is 14.7 Å². The van der Waals surface area contributed by atoms with E-state index in [1.54, 1.807) is 7.11 Å². The maximum Gasteiger partial charge on any atom is 0.308 e. The van der Waals surface area contributed by atoms with Gasteiger partial charge in [0.05, 0.1) is 32.8 Å². The molecule has 3 aliphatic heterocycles. The highest BCUT2D eigenvalue weighted by Gasteiger charge is 2.48. The molecule has 4 rings (SSSR count). The predicted octanol–water partition coefficient (Wildman–Crippen LogP) is 3.02. The van der Waals surface area contributed by atoms with Gasteiger partial charge in [0.1, 0.15) is 0 Å². The Morgan fingerprint density at radius 3 is 2.46 bits per heavy atom. The first-order valence-electron chi connectivity index (χ1n) is 14.9. The number of amides is 1. The zero-order chi connectivity index (χ0) is 29.4. The van der Waals surface area contributed by atoms with E-state index in [0.717, 1.165) is 37.8 Å². The highest BCUT2D eigenvalue weighted by Crippen LogP contribution is 2.47. The second-order valence-corrected chi connectivity index (χ2v) is 11.4. The van der Waals surface area contributed by atoms with Gasteiger partial charge < -0.3 is 38.6 Å². The third-order valence-electron chi connectivity index (χ3n) is 8.29. The minimum Gasteiger partial charge on any atom is -0.493 e. The zero-order valence-electron chi connectivity index (χ0n) is 25.0. The van der Waals surface area contributed by atoms with Crippen LogP contribution in [0.1, 0.15) is 56.9 Å². The van der Waals surface area contributed by atoms with Gasteiger partial charge in [0, 0.05) is 31.6 Å². The molecular weight excluding hydrogens is 530 g/mol. The Hall–Kier alpha value is -2.60. The highest BCUT2D eigenvalue weighted by atomic mass is 16.7. The van der Waals surface area contributed by atoms with E-state index < -0.39 is 11.9 Å². The summed E-state index contributed by atoms with van der Waals surface area (Å²) in [5.74, 6) is -0.323. The number of carboxylic acid groups (broad SMARTS) is 1. The van der Waals surface area contributed by atoms with E-state index >= 15 is 0 Å². The van der Waals surface area contributed by atoms with Gasteiger partial charge in [-0.05, 0) is 70.4 Å². The van der Waals surface area contributed by atoms with Gasteiger partial charge in [0.15, 0.2) is 17.8 Å². The van der Waals surface area contributed by atoms with E-state index in [1.165, 1.54) is 0 Å². The second kappa shape index (κ2) is 15.0. The van der Waals surface area contributed by atoms with Crippen LogP contribution in [-0.2, 0) is 19.1 Å². The van der Waals surface area contributed by atoms with Crippen LogP contribution in [0, 0.1) is 5.92 Å². The van der Waals surface area contributed by atoms with Crippen molar-refractivity contribution in [3.63, 3.8) is 0 Å². The summed E-state index contributed by atoms with van der Waals surface area (Å²) in [5, 5.41) is 10.5. The maximum atomic E-state index is 13.7. The molecule has 230 valence electrons. The van der Waals surface area contributed by atoms with Crippen LogP contribution >= 0.6 is 0 Å². The number of hydrogen-bond donors (Lipinski definition) is 1. The Kier molecular flexibility index (Phi) is 11.5. The van der Waals surface area contributed by atoms with Crippen LogP contribution < -0.4 is 14.2 Å². The molecule has 0 aliphatic carbocycles. The molecule has 2 fully saturated rings. The zero-order valence-corrected chi connectivity index (χ0v) is 25.0. The summed E-state index contributed by atoms with van der Waals surface area (Å²) in [5.41, 5.74) is 0.804. The van der Waals surface area contributed by atoms with Crippen molar-refractivity contribution in [2.45, 2.75) is 63.7 Å². The van der Waals surface area contributed by atoms with Crippen molar-refractivity contribution < 1.29 is 38.4 Å². The quantitative estimate of drug-likeness (QED) is 0.295. The van der Waals surface area contributed by atoms with Gasteiger partial charge in [-0.3, -0.25) is 14.5 Å². The van der Waals surface area contributed by atoms with Gasteiger partial charge in [-0.15, -0.1) is 0 Å². The van der Waals surface area contributed by atoms with E-state index in [-0.39, 0.29) is 37.5 Å². The van der Waals surface area contributed by atoms with Crippen molar-refractivity contribution in [3.05, 3.63) is 17.7 Å². The maximum absolute atomic E-state index is 13.7. The Labute approximate surface area is 243 Å². The monoisotopic (exact) mass is 577 g/mol. The lowest BCUT2D eigenvalue weighted by molar-refractivity contribution is -0.144. The fourth-order valence-corrected chi connectivity index (χ4v) is 6.15. The molecule has 11 nitrogen and oxygen atoms in total. The van der Waals surface area contributed by atoms with E-state index in [2.05, 4.69) is 30.8 Å². The number of carboxylic acids is 1. The summed E-state index contributed by atoms with van der Waals surface area (Å²) in [6, 6.07) is 3.35. The normalized spacial score (nSPS) is 22.5. The van der Waals surface area contributed by atoms with Crippen LogP contribution in [-0.4, -0.2) is 118 Å². The lowest BCUT2D eigenvalue weighted by Gasteiger charge is -2.30. The molecular formula is C30H47N3O8. The van der Waals surface area contributed by atoms with Crippen LogP contribution in [0.25, 0.3) is 0 Å². The molecule has 1 aromatic rings. The van der Waals surface area contributed by atoms with Gasteiger partial charge in [0.25, 0.3) is 0 Å². The van der Waals surface area contributed by atoms with Crippen LogP contribution in [0.5, 0.6) is 17.2 Å². The Morgan fingerprint density at radius 2 is 1.78 bits per heavy atom. The molecule has 3 heterocycles. The molecule has 0 aromatic heterocycles. The van der Waals surface area contributed by atoms with Gasteiger partial charge in [-0.25, -0.2) is 0 Å². The standard InChI is InChI=1S/C30H47N3O8/c1-5-6-12-32(13-8-7-11-31(2)3)26(34)19-33-18-22(21-16-24(37-4)29-25(17-21)40-20-41-29)28(30(35)36)23(33)9-10-27-38-14-15-39-27/h16-17,22-23,27-28H,5-15,18-20H2,1-4H3,(H,35,36)/t22-,23+,28-/m1/s1. The lowest BCUT2D eigenvalue weighted by atomic mass is 9.83. The first-order chi connectivity index (χ1) is 19.8. The third-order valence-corrected chi connectivity index (χ3v) is 8.29. The van der Waals surface area contributed by atoms with E-state index in [0.29, 0.717) is 62.9 Å². The summed E-state index contributed by atoms with van der Waals surface area (Å²) in [4.78, 5) is 32.8. The number of unbranched alkanes of at least 4 members (excludes halogenated alkanes) is 2. The number of fused-ring (bicyclic) bond motifs is 1. The Bertz CT molecular complexity index is 1020. The number of hydrogen-bond acceptors (Lipinski definition) is 9. The number of aliphatic carboxylic acids is 1. The van der Waals surface area contributed by atoms with Gasteiger partial charge in [0.2, 0.25) is 18.4 Å². The van der Waals surface area contributed by atoms with Crippen molar-refractivity contribution >= 4 is 11.9 Å². The topological polar surface area (TPSA) is 110 Å². The average molecular weight is 578 g/mol. The number of benzene rings is 1.